The lowest BCUT2D eigenvalue weighted by atomic mass is 9.56. The van der Waals surface area contributed by atoms with Crippen LogP contribution in [0, 0.1) is 5.41 Å². The molecule has 1 aliphatic carbocycles. The van der Waals surface area contributed by atoms with Crippen LogP contribution in [0.25, 0.3) is 0 Å². The number of nitrogens with one attached hydrogen (secondary N) is 1. The normalized spacial score (nSPS) is 26.7. The van der Waals surface area contributed by atoms with Gasteiger partial charge in [0, 0.05) is 19.7 Å². The van der Waals surface area contributed by atoms with Crippen LogP contribution in [0.2, 0.25) is 0 Å². The van der Waals surface area contributed by atoms with Gasteiger partial charge in [-0.25, -0.2) is 0 Å². The first-order chi connectivity index (χ1) is 9.05. The van der Waals surface area contributed by atoms with Gasteiger partial charge in [-0.2, -0.15) is 0 Å². The predicted molar refractivity (Wildman–Crippen MR) is 77.3 cm³/mol. The molecule has 1 fully saturated rings. The first-order valence-corrected chi connectivity index (χ1v) is 7.01. The Labute approximate surface area is 116 Å². The van der Waals surface area contributed by atoms with Crippen molar-refractivity contribution < 1.29 is 9.84 Å². The molecule has 1 aromatic rings. The van der Waals surface area contributed by atoms with E-state index in [1.165, 1.54) is 5.56 Å². The van der Waals surface area contributed by atoms with Crippen LogP contribution in [0.5, 0.6) is 0 Å². The molecule has 1 aromatic carbocycles. The Morgan fingerprint density at radius 3 is 2.63 bits per heavy atom. The molecular weight excluding hydrogens is 238 g/mol. The van der Waals surface area contributed by atoms with Crippen molar-refractivity contribution in [3.05, 3.63) is 35.9 Å². The minimum Gasteiger partial charge on any atom is -0.389 e. The van der Waals surface area contributed by atoms with Crippen LogP contribution in [-0.2, 0) is 4.74 Å². The lowest BCUT2D eigenvalue weighted by Crippen LogP contribution is -2.56. The van der Waals surface area contributed by atoms with E-state index in [0.717, 1.165) is 6.42 Å². The number of hydrogen-bond donors (Lipinski definition) is 2. The van der Waals surface area contributed by atoms with Crippen LogP contribution < -0.4 is 5.32 Å². The van der Waals surface area contributed by atoms with Crippen LogP contribution >= 0.6 is 0 Å². The second-order valence-electron chi connectivity index (χ2n) is 6.09. The zero-order valence-electron chi connectivity index (χ0n) is 12.1. The van der Waals surface area contributed by atoms with Gasteiger partial charge in [-0.3, -0.25) is 0 Å². The van der Waals surface area contributed by atoms with Crippen LogP contribution in [0.3, 0.4) is 0 Å². The average molecular weight is 263 g/mol. The minimum absolute atomic E-state index is 0.230. The third-order valence-corrected chi connectivity index (χ3v) is 4.43. The van der Waals surface area contributed by atoms with Gasteiger partial charge >= 0.3 is 0 Å². The lowest BCUT2D eigenvalue weighted by molar-refractivity contribution is 0.0322. The Morgan fingerprint density at radius 2 is 2.05 bits per heavy atom. The summed E-state index contributed by atoms with van der Waals surface area (Å²) in [5, 5.41) is 13.1. The second kappa shape index (κ2) is 6.04. The molecule has 1 saturated carbocycles. The summed E-state index contributed by atoms with van der Waals surface area (Å²) in [5.74, 6) is 0.603. The molecule has 2 rings (SSSR count). The van der Waals surface area contributed by atoms with Crippen molar-refractivity contribution in [2.75, 3.05) is 20.3 Å². The van der Waals surface area contributed by atoms with Crippen LogP contribution in [0.4, 0.5) is 0 Å². The highest BCUT2D eigenvalue weighted by Crippen LogP contribution is 2.52. The van der Waals surface area contributed by atoms with Gasteiger partial charge in [0.2, 0.25) is 0 Å². The zero-order chi connectivity index (χ0) is 13.9. The minimum atomic E-state index is -0.420. The topological polar surface area (TPSA) is 41.5 Å². The molecule has 0 amide bonds. The Balaban J connectivity index is 1.87. The lowest BCUT2D eigenvalue weighted by Gasteiger charge is -2.53. The predicted octanol–water partition coefficient (Wildman–Crippen LogP) is 2.17. The maximum atomic E-state index is 9.68. The Morgan fingerprint density at radius 1 is 1.37 bits per heavy atom. The van der Waals surface area contributed by atoms with E-state index in [1.54, 1.807) is 7.11 Å². The first kappa shape index (κ1) is 14.5. The molecule has 1 aliphatic rings. The number of methoxy groups -OCH3 is 1. The van der Waals surface area contributed by atoms with Crippen molar-refractivity contribution in [3.8, 4) is 0 Å². The number of benzene rings is 1. The molecule has 0 spiro atoms. The summed E-state index contributed by atoms with van der Waals surface area (Å²) in [5.41, 5.74) is 1.65. The third-order valence-electron chi connectivity index (χ3n) is 4.43. The maximum absolute atomic E-state index is 9.68. The van der Waals surface area contributed by atoms with E-state index in [9.17, 15) is 5.11 Å². The zero-order valence-corrected chi connectivity index (χ0v) is 12.1. The highest BCUT2D eigenvalue weighted by Gasteiger charge is 2.48. The van der Waals surface area contributed by atoms with E-state index in [1.807, 2.05) is 0 Å². The third kappa shape index (κ3) is 3.16. The van der Waals surface area contributed by atoms with E-state index in [2.05, 4.69) is 49.5 Å². The molecule has 3 nitrogen and oxygen atoms in total. The Kier molecular flexibility index (Phi) is 4.61. The number of hydrogen-bond acceptors (Lipinski definition) is 3. The fourth-order valence-corrected chi connectivity index (χ4v) is 3.05. The van der Waals surface area contributed by atoms with Crippen molar-refractivity contribution in [1.82, 2.24) is 5.32 Å². The molecule has 2 N–H and O–H groups in total. The van der Waals surface area contributed by atoms with Gasteiger partial charge in [0.25, 0.3) is 0 Å². The summed E-state index contributed by atoms with van der Waals surface area (Å²) in [7, 11) is 1.61. The van der Waals surface area contributed by atoms with Crippen LogP contribution in [-0.4, -0.2) is 37.5 Å². The summed E-state index contributed by atoms with van der Waals surface area (Å²) >= 11 is 0. The van der Waals surface area contributed by atoms with E-state index >= 15 is 0 Å². The number of aliphatic hydroxyl groups is 1. The highest BCUT2D eigenvalue weighted by molar-refractivity contribution is 5.27. The van der Waals surface area contributed by atoms with Crippen LogP contribution in [0.1, 0.15) is 31.7 Å². The largest absolute Gasteiger partial charge is 0.389 e. The molecule has 0 saturated heterocycles. The summed E-state index contributed by atoms with van der Waals surface area (Å²) < 4.78 is 4.94. The molecule has 3 heteroatoms. The van der Waals surface area contributed by atoms with E-state index < -0.39 is 6.10 Å². The number of aliphatic hydroxyl groups excluding tert-OH is 1. The van der Waals surface area contributed by atoms with Crippen molar-refractivity contribution in [2.45, 2.75) is 38.3 Å². The van der Waals surface area contributed by atoms with E-state index in [4.69, 9.17) is 4.74 Å². The fraction of sp³-hybridized carbons (Fsp3) is 0.625. The molecule has 19 heavy (non-hydrogen) atoms. The van der Waals surface area contributed by atoms with Gasteiger partial charge in [-0.15, -0.1) is 0 Å². The SMILES string of the molecule is COC[C@H](O)CN[C@@H]1C[C@H](c2ccccc2)C1(C)C. The van der Waals surface area contributed by atoms with Crippen LogP contribution in [0.15, 0.2) is 30.3 Å². The maximum Gasteiger partial charge on any atom is 0.0897 e. The molecule has 3 atom stereocenters. The van der Waals surface area contributed by atoms with Gasteiger partial charge in [-0.05, 0) is 23.3 Å². The van der Waals surface area contributed by atoms with Gasteiger partial charge in [-0.1, -0.05) is 44.2 Å². The summed E-state index contributed by atoms with van der Waals surface area (Å²) in [6, 6.07) is 11.2. The first-order valence-electron chi connectivity index (χ1n) is 7.01. The standard InChI is InChI=1S/C16H25NO2/c1-16(2)14(12-7-5-4-6-8-12)9-15(16)17-10-13(18)11-19-3/h4-8,13-15,17-18H,9-11H2,1-3H3/t13-,14-,15-/m1/s1. The van der Waals surface area contributed by atoms with Crippen molar-refractivity contribution >= 4 is 0 Å². The quantitative estimate of drug-likeness (QED) is 0.826. The molecule has 106 valence electrons. The summed E-state index contributed by atoms with van der Waals surface area (Å²) in [4.78, 5) is 0. The summed E-state index contributed by atoms with van der Waals surface area (Å²) in [6.45, 7) is 5.59. The molecular formula is C16H25NO2. The molecule has 0 radical (unpaired) electrons. The Bertz CT molecular complexity index is 391. The highest BCUT2D eigenvalue weighted by atomic mass is 16.5. The summed E-state index contributed by atoms with van der Waals surface area (Å²) in [6.07, 6.45) is 0.716. The van der Waals surface area contributed by atoms with Crippen molar-refractivity contribution in [3.63, 3.8) is 0 Å². The molecule has 0 aliphatic heterocycles. The number of ether oxygens (including phenoxy) is 1. The van der Waals surface area contributed by atoms with Gasteiger partial charge in [0.15, 0.2) is 0 Å². The number of rotatable bonds is 6. The second-order valence-corrected chi connectivity index (χ2v) is 6.09. The average Bonchev–Trinajstić information content (AvgIpc) is 2.39. The van der Waals surface area contributed by atoms with Crippen molar-refractivity contribution in [1.29, 1.82) is 0 Å². The fourth-order valence-electron chi connectivity index (χ4n) is 3.05. The van der Waals surface area contributed by atoms with Crippen molar-refractivity contribution in [2.24, 2.45) is 5.41 Å². The van der Waals surface area contributed by atoms with Gasteiger partial charge < -0.3 is 15.2 Å². The molecule has 0 aromatic heterocycles. The van der Waals surface area contributed by atoms with E-state index in [0.29, 0.717) is 25.1 Å². The van der Waals surface area contributed by atoms with Gasteiger partial charge in [0.05, 0.1) is 12.7 Å². The Hall–Kier alpha value is -0.900. The molecule has 0 unspecified atom stereocenters. The molecule has 0 heterocycles. The van der Waals surface area contributed by atoms with E-state index in [-0.39, 0.29) is 5.41 Å². The van der Waals surface area contributed by atoms with Gasteiger partial charge in [0.1, 0.15) is 0 Å². The monoisotopic (exact) mass is 263 g/mol. The smallest absolute Gasteiger partial charge is 0.0897 e. The molecule has 0 bridgehead atoms.